The summed E-state index contributed by atoms with van der Waals surface area (Å²) in [6.07, 6.45) is 1.36. The fourth-order valence-electron chi connectivity index (χ4n) is 1.63. The first-order valence-corrected chi connectivity index (χ1v) is 4.40. The van der Waals surface area contributed by atoms with Gasteiger partial charge in [-0.15, -0.1) is 0 Å². The van der Waals surface area contributed by atoms with Gasteiger partial charge in [0.1, 0.15) is 0 Å². The number of hydrogen-bond donors (Lipinski definition) is 2. The summed E-state index contributed by atoms with van der Waals surface area (Å²) < 4.78 is 0. The zero-order valence-corrected chi connectivity index (χ0v) is 7.34. The molecule has 0 saturated carbocycles. The average molecular weight is 176 g/mol. The number of fused-ring (bicyclic) bond motifs is 1. The first-order chi connectivity index (χ1) is 6.25. The lowest BCUT2D eigenvalue weighted by Gasteiger charge is -2.03. The maximum absolute atomic E-state index is 11.2. The number of benzene rings is 1. The van der Waals surface area contributed by atoms with Crippen LogP contribution in [0.4, 0.5) is 5.69 Å². The summed E-state index contributed by atoms with van der Waals surface area (Å²) in [6.45, 7) is 0.732. The minimum Gasteiger partial charge on any atom is -0.399 e. The fraction of sp³-hybridized carbons (Fsp3) is 0.300. The number of carbonyl (C=O) groups excluding carboxylic acids is 1. The minimum atomic E-state index is 0.0874. The second-order valence-electron chi connectivity index (χ2n) is 3.30. The Morgan fingerprint density at radius 2 is 2.15 bits per heavy atom. The molecule has 13 heavy (non-hydrogen) atoms. The molecule has 0 saturated heterocycles. The van der Waals surface area contributed by atoms with Crippen molar-refractivity contribution in [2.24, 2.45) is 0 Å². The predicted molar refractivity (Wildman–Crippen MR) is 51.3 cm³/mol. The Morgan fingerprint density at radius 1 is 1.31 bits per heavy atom. The van der Waals surface area contributed by atoms with Crippen LogP contribution in [-0.2, 0) is 17.6 Å². The van der Waals surface area contributed by atoms with E-state index in [0.717, 1.165) is 24.2 Å². The molecule has 0 spiro atoms. The van der Waals surface area contributed by atoms with E-state index in [1.807, 2.05) is 18.2 Å². The summed E-state index contributed by atoms with van der Waals surface area (Å²) >= 11 is 0. The lowest BCUT2D eigenvalue weighted by atomic mass is 10.0. The molecule has 0 aromatic heterocycles. The Kier molecular flexibility index (Phi) is 1.93. The molecular formula is C10H12N2O. The molecule has 2 rings (SSSR count). The summed E-state index contributed by atoms with van der Waals surface area (Å²) in [5, 5.41) is 2.83. The van der Waals surface area contributed by atoms with Crippen molar-refractivity contribution in [3.63, 3.8) is 0 Å². The monoisotopic (exact) mass is 176 g/mol. The molecule has 0 atom stereocenters. The molecule has 3 N–H and O–H groups in total. The van der Waals surface area contributed by atoms with Gasteiger partial charge in [-0.1, -0.05) is 6.07 Å². The number of rotatable bonds is 0. The second kappa shape index (κ2) is 3.09. The molecule has 0 bridgehead atoms. The van der Waals surface area contributed by atoms with E-state index in [1.165, 1.54) is 5.56 Å². The fourth-order valence-corrected chi connectivity index (χ4v) is 1.63. The van der Waals surface area contributed by atoms with Gasteiger partial charge in [0.15, 0.2) is 0 Å². The third-order valence-electron chi connectivity index (χ3n) is 2.30. The van der Waals surface area contributed by atoms with E-state index in [1.54, 1.807) is 0 Å². The van der Waals surface area contributed by atoms with Crippen molar-refractivity contribution < 1.29 is 4.79 Å². The molecule has 1 heterocycles. The van der Waals surface area contributed by atoms with Gasteiger partial charge in [0.05, 0.1) is 6.42 Å². The minimum absolute atomic E-state index is 0.0874. The van der Waals surface area contributed by atoms with Crippen LogP contribution in [0.25, 0.3) is 0 Å². The number of anilines is 1. The lowest BCUT2D eigenvalue weighted by Crippen LogP contribution is -2.24. The maximum Gasteiger partial charge on any atom is 0.224 e. The van der Waals surface area contributed by atoms with Gasteiger partial charge in [-0.25, -0.2) is 0 Å². The topological polar surface area (TPSA) is 55.1 Å². The van der Waals surface area contributed by atoms with Gasteiger partial charge in [-0.05, 0) is 29.7 Å². The molecule has 3 heteroatoms. The van der Waals surface area contributed by atoms with E-state index >= 15 is 0 Å². The van der Waals surface area contributed by atoms with E-state index in [4.69, 9.17) is 5.73 Å². The molecular weight excluding hydrogens is 164 g/mol. The van der Waals surface area contributed by atoms with Gasteiger partial charge < -0.3 is 11.1 Å². The average Bonchev–Trinajstić information content (AvgIpc) is 2.25. The molecule has 0 unspecified atom stereocenters. The van der Waals surface area contributed by atoms with Crippen LogP contribution in [0.1, 0.15) is 11.1 Å². The quantitative estimate of drug-likeness (QED) is 0.565. The number of hydrogen-bond acceptors (Lipinski definition) is 2. The number of nitrogens with one attached hydrogen (secondary N) is 1. The number of nitrogens with two attached hydrogens (primary N) is 1. The summed E-state index contributed by atoms with van der Waals surface area (Å²) in [5.74, 6) is 0.0874. The first-order valence-electron chi connectivity index (χ1n) is 4.40. The maximum atomic E-state index is 11.2. The van der Waals surface area contributed by atoms with Gasteiger partial charge >= 0.3 is 0 Å². The van der Waals surface area contributed by atoms with Crippen LogP contribution in [-0.4, -0.2) is 12.5 Å². The standard InChI is InChI=1S/C10H12N2O/c11-9-2-1-7-3-4-12-10(13)6-8(7)5-9/h1-2,5H,3-4,6,11H2,(H,12,13). The summed E-state index contributed by atoms with van der Waals surface area (Å²) in [4.78, 5) is 11.2. The van der Waals surface area contributed by atoms with Gasteiger partial charge in [0, 0.05) is 12.2 Å². The predicted octanol–water partition coefficient (Wildman–Crippen LogP) is 0.484. The molecule has 1 aromatic carbocycles. The summed E-state index contributed by atoms with van der Waals surface area (Å²) in [6, 6.07) is 5.78. The summed E-state index contributed by atoms with van der Waals surface area (Å²) in [5.41, 5.74) is 8.67. The highest BCUT2D eigenvalue weighted by Crippen LogP contribution is 2.16. The van der Waals surface area contributed by atoms with Crippen molar-refractivity contribution in [3.05, 3.63) is 29.3 Å². The highest BCUT2D eigenvalue weighted by atomic mass is 16.1. The molecule has 0 fully saturated rings. The zero-order valence-electron chi connectivity index (χ0n) is 7.34. The number of carbonyl (C=O) groups is 1. The molecule has 68 valence electrons. The molecule has 3 nitrogen and oxygen atoms in total. The number of amides is 1. The Morgan fingerprint density at radius 3 is 3.00 bits per heavy atom. The Hall–Kier alpha value is -1.51. The van der Waals surface area contributed by atoms with E-state index in [9.17, 15) is 4.79 Å². The van der Waals surface area contributed by atoms with Crippen molar-refractivity contribution in [2.75, 3.05) is 12.3 Å². The molecule has 1 aromatic rings. The van der Waals surface area contributed by atoms with Crippen LogP contribution < -0.4 is 11.1 Å². The molecule has 0 radical (unpaired) electrons. The van der Waals surface area contributed by atoms with Crippen LogP contribution in [0, 0.1) is 0 Å². The third kappa shape index (κ3) is 1.64. The van der Waals surface area contributed by atoms with Gasteiger partial charge in [-0.3, -0.25) is 4.79 Å². The van der Waals surface area contributed by atoms with Crippen LogP contribution in [0.15, 0.2) is 18.2 Å². The van der Waals surface area contributed by atoms with E-state index in [0.29, 0.717) is 6.42 Å². The van der Waals surface area contributed by atoms with E-state index < -0.39 is 0 Å². The van der Waals surface area contributed by atoms with Crippen LogP contribution >= 0.6 is 0 Å². The van der Waals surface area contributed by atoms with Crippen LogP contribution in [0.5, 0.6) is 0 Å². The van der Waals surface area contributed by atoms with Gasteiger partial charge in [-0.2, -0.15) is 0 Å². The Labute approximate surface area is 76.9 Å². The third-order valence-corrected chi connectivity index (χ3v) is 2.30. The van der Waals surface area contributed by atoms with Gasteiger partial charge in [0.25, 0.3) is 0 Å². The smallest absolute Gasteiger partial charge is 0.224 e. The van der Waals surface area contributed by atoms with Crippen molar-refractivity contribution in [3.8, 4) is 0 Å². The number of nitrogen functional groups attached to an aromatic ring is 1. The van der Waals surface area contributed by atoms with Gasteiger partial charge in [0.2, 0.25) is 5.91 Å². The Bertz CT molecular complexity index is 347. The summed E-state index contributed by atoms with van der Waals surface area (Å²) in [7, 11) is 0. The van der Waals surface area contributed by atoms with Crippen molar-refractivity contribution in [2.45, 2.75) is 12.8 Å². The molecule has 1 amide bonds. The largest absolute Gasteiger partial charge is 0.399 e. The van der Waals surface area contributed by atoms with E-state index in [2.05, 4.69) is 5.32 Å². The highest BCUT2D eigenvalue weighted by Gasteiger charge is 2.12. The van der Waals surface area contributed by atoms with Crippen LogP contribution in [0.2, 0.25) is 0 Å². The SMILES string of the molecule is Nc1ccc2c(c1)CC(=O)NCC2. The zero-order chi connectivity index (χ0) is 9.26. The molecule has 1 aliphatic heterocycles. The van der Waals surface area contributed by atoms with Crippen molar-refractivity contribution in [1.82, 2.24) is 5.32 Å². The first kappa shape index (κ1) is 8.10. The molecule has 0 aliphatic carbocycles. The van der Waals surface area contributed by atoms with Crippen molar-refractivity contribution in [1.29, 1.82) is 0 Å². The molecule has 1 aliphatic rings. The Balaban J connectivity index is 2.40. The normalized spacial score (nSPS) is 15.8. The van der Waals surface area contributed by atoms with Crippen molar-refractivity contribution >= 4 is 11.6 Å². The second-order valence-corrected chi connectivity index (χ2v) is 3.30. The lowest BCUT2D eigenvalue weighted by molar-refractivity contribution is -0.120. The van der Waals surface area contributed by atoms with E-state index in [-0.39, 0.29) is 5.91 Å². The van der Waals surface area contributed by atoms with Crippen LogP contribution in [0.3, 0.4) is 0 Å². The highest BCUT2D eigenvalue weighted by molar-refractivity contribution is 5.80.